The van der Waals surface area contributed by atoms with E-state index in [0.717, 1.165) is 23.1 Å². The fourth-order valence-electron chi connectivity index (χ4n) is 0.840. The van der Waals surface area contributed by atoms with Crippen molar-refractivity contribution in [3.05, 3.63) is 15.8 Å². The third-order valence-corrected chi connectivity index (χ3v) is 3.28. The number of halogens is 3. The molecule has 68 valence electrons. The molecule has 0 saturated carbocycles. The van der Waals surface area contributed by atoms with Gasteiger partial charge in [-0.3, -0.25) is 0 Å². The van der Waals surface area contributed by atoms with Crippen molar-refractivity contribution in [3.8, 4) is 0 Å². The molecule has 0 aliphatic rings. The zero-order valence-corrected chi connectivity index (χ0v) is 8.16. The molecule has 0 fully saturated rings. The maximum absolute atomic E-state index is 12.2. The van der Waals surface area contributed by atoms with Crippen molar-refractivity contribution < 1.29 is 13.2 Å². The number of thioether (sulfide) groups is 1. The van der Waals surface area contributed by atoms with Gasteiger partial charge in [0.15, 0.2) is 0 Å². The summed E-state index contributed by atoms with van der Waals surface area (Å²) < 4.78 is 36.7. The predicted octanol–water partition coefficient (Wildman–Crippen LogP) is 3.80. The van der Waals surface area contributed by atoms with Crippen LogP contribution < -0.4 is 0 Å². The van der Waals surface area contributed by atoms with Gasteiger partial charge in [0.2, 0.25) is 0 Å². The average Bonchev–Trinajstić information content (AvgIpc) is 2.29. The minimum Gasteiger partial charge on any atom is -0.165 e. The van der Waals surface area contributed by atoms with E-state index in [1.165, 1.54) is 0 Å². The van der Waals surface area contributed by atoms with Crippen molar-refractivity contribution in [1.82, 2.24) is 0 Å². The normalized spacial score (nSPS) is 12.1. The van der Waals surface area contributed by atoms with Gasteiger partial charge in [-0.15, -0.1) is 23.1 Å². The number of rotatable bonds is 1. The number of alkyl halides is 3. The molecule has 5 heteroatoms. The summed E-state index contributed by atoms with van der Waals surface area (Å²) in [5.41, 5.74) is 0. The van der Waals surface area contributed by atoms with Crippen LogP contribution in [-0.2, 0) is 6.18 Å². The largest absolute Gasteiger partial charge is 0.426 e. The highest BCUT2D eigenvalue weighted by molar-refractivity contribution is 7.98. The zero-order chi connectivity index (χ0) is 9.35. The maximum atomic E-state index is 12.2. The molecule has 0 bridgehead atoms. The Hall–Kier alpha value is -0.160. The molecular weight excluding hydrogens is 205 g/mol. The molecule has 1 aromatic rings. The molecule has 0 aliphatic carbocycles. The van der Waals surface area contributed by atoms with Gasteiger partial charge in [0.25, 0.3) is 0 Å². The Kier molecular flexibility index (Phi) is 2.73. The predicted molar refractivity (Wildman–Crippen MR) is 45.8 cm³/mol. The highest BCUT2D eigenvalue weighted by Crippen LogP contribution is 2.41. The van der Waals surface area contributed by atoms with Crippen LogP contribution in [0.2, 0.25) is 0 Å². The molecule has 1 rings (SSSR count). The van der Waals surface area contributed by atoms with Gasteiger partial charge < -0.3 is 0 Å². The molecule has 0 aliphatic heterocycles. The quantitative estimate of drug-likeness (QED) is 0.638. The second-order valence-electron chi connectivity index (χ2n) is 2.25. The molecule has 0 nitrogen and oxygen atoms in total. The van der Waals surface area contributed by atoms with E-state index in [2.05, 4.69) is 0 Å². The number of hydrogen-bond donors (Lipinski definition) is 0. The smallest absolute Gasteiger partial charge is 0.165 e. The molecular formula is C7H7F3S2. The maximum Gasteiger partial charge on any atom is 0.426 e. The number of thiophene rings is 1. The molecule has 1 heterocycles. The summed E-state index contributed by atoms with van der Waals surface area (Å²) in [5, 5.41) is 0. The van der Waals surface area contributed by atoms with Gasteiger partial charge >= 0.3 is 6.18 Å². The topological polar surface area (TPSA) is 0 Å². The summed E-state index contributed by atoms with van der Waals surface area (Å²) >= 11 is 1.93. The third kappa shape index (κ3) is 1.95. The molecule has 0 amide bonds. The summed E-state index contributed by atoms with van der Waals surface area (Å²) in [5.74, 6) is 0. The Morgan fingerprint density at radius 1 is 1.42 bits per heavy atom. The van der Waals surface area contributed by atoms with Gasteiger partial charge in [-0.05, 0) is 19.2 Å². The molecule has 0 unspecified atom stereocenters. The van der Waals surface area contributed by atoms with Crippen LogP contribution in [0, 0.1) is 6.92 Å². The minimum atomic E-state index is -4.20. The van der Waals surface area contributed by atoms with Crippen molar-refractivity contribution >= 4 is 23.1 Å². The molecule has 0 saturated heterocycles. The lowest BCUT2D eigenvalue weighted by Gasteiger charge is -2.04. The molecule has 0 radical (unpaired) electrons. The van der Waals surface area contributed by atoms with Crippen LogP contribution in [0.5, 0.6) is 0 Å². The van der Waals surface area contributed by atoms with E-state index in [9.17, 15) is 13.2 Å². The highest BCUT2D eigenvalue weighted by atomic mass is 32.2. The zero-order valence-electron chi connectivity index (χ0n) is 6.53. The first-order valence-corrected chi connectivity index (χ1v) is 5.21. The summed E-state index contributed by atoms with van der Waals surface area (Å²) in [6.07, 6.45) is -2.55. The van der Waals surface area contributed by atoms with Crippen LogP contribution in [0.25, 0.3) is 0 Å². The lowest BCUT2D eigenvalue weighted by atomic mass is 10.4. The summed E-state index contributed by atoms with van der Waals surface area (Å²) in [4.78, 5) is 0.546. The van der Waals surface area contributed by atoms with Crippen LogP contribution in [0.4, 0.5) is 13.2 Å². The number of hydrogen-bond acceptors (Lipinski definition) is 2. The first kappa shape index (κ1) is 9.92. The molecule has 1 aromatic heterocycles. The van der Waals surface area contributed by atoms with E-state index in [-0.39, 0.29) is 0 Å². The van der Waals surface area contributed by atoms with Crippen LogP contribution >= 0.6 is 23.1 Å². The van der Waals surface area contributed by atoms with E-state index < -0.39 is 11.1 Å². The lowest BCUT2D eigenvalue weighted by molar-refractivity contribution is -0.136. The molecule has 12 heavy (non-hydrogen) atoms. The first-order valence-electron chi connectivity index (χ1n) is 3.16. The Labute approximate surface area is 76.8 Å². The van der Waals surface area contributed by atoms with E-state index in [0.29, 0.717) is 9.77 Å². The number of aryl methyl sites for hydroxylation is 1. The SMILES string of the molecule is CSc1cc(C)sc1C(F)(F)F. The van der Waals surface area contributed by atoms with Crippen LogP contribution in [0.15, 0.2) is 11.0 Å². The summed E-state index contributed by atoms with van der Waals surface area (Å²) in [6.45, 7) is 1.68. The molecule has 0 atom stereocenters. The van der Waals surface area contributed by atoms with Gasteiger partial charge in [-0.25, -0.2) is 0 Å². The van der Waals surface area contributed by atoms with Crippen molar-refractivity contribution in [2.45, 2.75) is 18.0 Å². The highest BCUT2D eigenvalue weighted by Gasteiger charge is 2.35. The summed E-state index contributed by atoms with van der Waals surface area (Å²) in [7, 11) is 0. The lowest BCUT2D eigenvalue weighted by Crippen LogP contribution is -2.02. The summed E-state index contributed by atoms with van der Waals surface area (Å²) in [6, 6.07) is 1.57. The monoisotopic (exact) mass is 212 g/mol. The fraction of sp³-hybridized carbons (Fsp3) is 0.429. The van der Waals surface area contributed by atoms with Gasteiger partial charge in [0.1, 0.15) is 4.88 Å². The van der Waals surface area contributed by atoms with Crippen molar-refractivity contribution in [1.29, 1.82) is 0 Å². The van der Waals surface area contributed by atoms with Gasteiger partial charge in [0, 0.05) is 9.77 Å². The Morgan fingerprint density at radius 3 is 2.33 bits per heavy atom. The van der Waals surface area contributed by atoms with Gasteiger partial charge in [0.05, 0.1) is 0 Å². The molecule has 0 aromatic carbocycles. The Bertz CT molecular complexity index is 275. The molecule has 0 N–H and O–H groups in total. The second kappa shape index (κ2) is 3.30. The second-order valence-corrected chi connectivity index (χ2v) is 4.36. The van der Waals surface area contributed by atoms with E-state index in [1.54, 1.807) is 19.2 Å². The standard InChI is InChI=1S/C7H7F3S2/c1-4-3-5(11-2)6(12-4)7(8,9)10/h3H,1-2H3. The van der Waals surface area contributed by atoms with Crippen LogP contribution in [0.3, 0.4) is 0 Å². The van der Waals surface area contributed by atoms with E-state index in [4.69, 9.17) is 0 Å². The molecule has 0 spiro atoms. The fourth-order valence-corrected chi connectivity index (χ4v) is 2.66. The van der Waals surface area contributed by atoms with E-state index >= 15 is 0 Å². The third-order valence-electron chi connectivity index (χ3n) is 1.30. The van der Waals surface area contributed by atoms with Crippen molar-refractivity contribution in [2.75, 3.05) is 6.26 Å². The minimum absolute atomic E-state index is 0.324. The van der Waals surface area contributed by atoms with E-state index in [1.807, 2.05) is 0 Å². The van der Waals surface area contributed by atoms with Gasteiger partial charge in [-0.1, -0.05) is 0 Å². The van der Waals surface area contributed by atoms with Crippen LogP contribution in [-0.4, -0.2) is 6.26 Å². The first-order chi connectivity index (χ1) is 5.45. The van der Waals surface area contributed by atoms with Crippen molar-refractivity contribution in [2.24, 2.45) is 0 Å². The Balaban J connectivity index is 3.13. The Morgan fingerprint density at radius 2 is 2.00 bits per heavy atom. The van der Waals surface area contributed by atoms with Gasteiger partial charge in [-0.2, -0.15) is 13.2 Å². The van der Waals surface area contributed by atoms with Crippen LogP contribution in [0.1, 0.15) is 9.75 Å². The van der Waals surface area contributed by atoms with Crippen molar-refractivity contribution in [3.63, 3.8) is 0 Å². The average molecular weight is 212 g/mol.